The van der Waals surface area contributed by atoms with E-state index in [2.05, 4.69) is 4.98 Å². The number of imidazole rings is 1. The molecular weight excluding hydrogens is 406 g/mol. The summed E-state index contributed by atoms with van der Waals surface area (Å²) in [5.74, 6) is 1.56. The molecule has 1 N–H and O–H groups in total. The van der Waals surface area contributed by atoms with Gasteiger partial charge in [-0.2, -0.15) is 0 Å². The molecule has 0 radical (unpaired) electrons. The lowest BCUT2D eigenvalue weighted by Gasteiger charge is -2.32. The van der Waals surface area contributed by atoms with Gasteiger partial charge in [-0.05, 0) is 50.1 Å². The van der Waals surface area contributed by atoms with Gasteiger partial charge in [0.15, 0.2) is 0 Å². The molecule has 0 spiro atoms. The number of para-hydroxylation sites is 2. The summed E-state index contributed by atoms with van der Waals surface area (Å²) in [7, 11) is 1.64. The normalized spacial score (nSPS) is 18.8. The molecule has 0 aliphatic carbocycles. The molecule has 1 amide bonds. The van der Waals surface area contributed by atoms with Gasteiger partial charge < -0.3 is 19.4 Å². The number of amides is 1. The van der Waals surface area contributed by atoms with Gasteiger partial charge in [0.2, 0.25) is 5.91 Å². The number of hydrogen-bond donors (Lipinski definition) is 1. The molecule has 1 aromatic heterocycles. The van der Waals surface area contributed by atoms with Crippen LogP contribution in [0.1, 0.15) is 36.9 Å². The zero-order valence-electron chi connectivity index (χ0n) is 18.3. The number of piperidine rings is 1. The monoisotopic (exact) mass is 433 g/mol. The second-order valence-corrected chi connectivity index (χ2v) is 8.54. The van der Waals surface area contributed by atoms with Crippen LogP contribution >= 0.6 is 0 Å². The van der Waals surface area contributed by atoms with E-state index in [1.165, 1.54) is 0 Å². The Bertz CT molecular complexity index is 1250. The van der Waals surface area contributed by atoms with Gasteiger partial charge in [-0.1, -0.05) is 12.1 Å². The molecular formula is C25H27N3O4. The number of rotatable bonds is 4. The van der Waals surface area contributed by atoms with E-state index in [0.717, 1.165) is 52.9 Å². The van der Waals surface area contributed by atoms with Crippen molar-refractivity contribution in [2.24, 2.45) is 0 Å². The Balaban J connectivity index is 1.27. The van der Waals surface area contributed by atoms with Crippen molar-refractivity contribution in [1.82, 2.24) is 14.5 Å². The van der Waals surface area contributed by atoms with Gasteiger partial charge in [-0.25, -0.2) is 4.79 Å². The number of nitrogens with zero attached hydrogens (tertiary/aromatic N) is 2. The van der Waals surface area contributed by atoms with Crippen molar-refractivity contribution in [3.8, 4) is 11.5 Å². The Morgan fingerprint density at radius 3 is 2.78 bits per heavy atom. The fourth-order valence-corrected chi connectivity index (χ4v) is 4.81. The third-order valence-corrected chi connectivity index (χ3v) is 6.42. The maximum atomic E-state index is 12.8. The lowest BCUT2D eigenvalue weighted by molar-refractivity contribution is -0.127. The van der Waals surface area contributed by atoms with E-state index < -0.39 is 0 Å². The zero-order valence-corrected chi connectivity index (χ0v) is 18.3. The number of methoxy groups -OCH3 is 1. The maximum absolute atomic E-state index is 12.8. The number of fused-ring (bicyclic) bond motifs is 2. The van der Waals surface area contributed by atoms with Crippen molar-refractivity contribution >= 4 is 23.0 Å². The van der Waals surface area contributed by atoms with Crippen molar-refractivity contribution in [1.29, 1.82) is 0 Å². The molecule has 2 aromatic carbocycles. The molecule has 1 unspecified atom stereocenters. The summed E-state index contributed by atoms with van der Waals surface area (Å²) in [5.41, 5.74) is 3.64. The van der Waals surface area contributed by atoms with Crippen LogP contribution in [-0.4, -0.2) is 46.7 Å². The highest BCUT2D eigenvalue weighted by molar-refractivity contribution is 5.92. The molecule has 3 heterocycles. The molecule has 5 rings (SSSR count). The summed E-state index contributed by atoms with van der Waals surface area (Å²) >= 11 is 0. The van der Waals surface area contributed by atoms with Crippen molar-refractivity contribution in [2.75, 3.05) is 20.2 Å². The van der Waals surface area contributed by atoms with Crippen LogP contribution in [-0.2, 0) is 11.2 Å². The lowest BCUT2D eigenvalue weighted by Crippen LogP contribution is -2.39. The van der Waals surface area contributed by atoms with E-state index in [4.69, 9.17) is 9.47 Å². The number of aromatic nitrogens is 2. The smallest absolute Gasteiger partial charge is 0.326 e. The molecule has 32 heavy (non-hydrogen) atoms. The summed E-state index contributed by atoms with van der Waals surface area (Å²) in [6, 6.07) is 11.7. The molecule has 7 nitrogen and oxygen atoms in total. The van der Waals surface area contributed by atoms with Gasteiger partial charge in [0, 0.05) is 42.8 Å². The van der Waals surface area contributed by atoms with Crippen molar-refractivity contribution in [3.05, 3.63) is 64.1 Å². The van der Waals surface area contributed by atoms with Crippen LogP contribution < -0.4 is 15.2 Å². The quantitative estimate of drug-likeness (QED) is 0.639. The first-order valence-electron chi connectivity index (χ1n) is 11.1. The fraction of sp³-hybridized carbons (Fsp3) is 0.360. The minimum atomic E-state index is -0.0869. The summed E-state index contributed by atoms with van der Waals surface area (Å²) in [4.78, 5) is 30.0. The zero-order chi connectivity index (χ0) is 22.2. The van der Waals surface area contributed by atoms with E-state index in [0.29, 0.717) is 13.1 Å². The Morgan fingerprint density at radius 2 is 2.00 bits per heavy atom. The largest absolute Gasteiger partial charge is 0.496 e. The van der Waals surface area contributed by atoms with Crippen molar-refractivity contribution in [2.45, 2.75) is 38.3 Å². The summed E-state index contributed by atoms with van der Waals surface area (Å²) in [6.45, 7) is 3.27. The molecule has 2 aliphatic heterocycles. The number of aromatic amines is 1. The average Bonchev–Trinajstić information content (AvgIpc) is 3.33. The van der Waals surface area contributed by atoms with Gasteiger partial charge in [0.05, 0.1) is 18.1 Å². The SMILES string of the molecule is COc1cc2c(cc1C=CC(=O)N1CCC(n3c(=O)[nH]c4ccccc43)CC1)OC(C)C2. The summed E-state index contributed by atoms with van der Waals surface area (Å²) in [6.07, 6.45) is 5.90. The molecule has 3 aromatic rings. The molecule has 2 aliphatic rings. The number of likely N-dealkylation sites (tertiary alicyclic amines) is 1. The fourth-order valence-electron chi connectivity index (χ4n) is 4.81. The van der Waals surface area contributed by atoms with Crippen molar-refractivity contribution in [3.63, 3.8) is 0 Å². The van der Waals surface area contributed by atoms with E-state index >= 15 is 0 Å². The van der Waals surface area contributed by atoms with Gasteiger partial charge >= 0.3 is 5.69 Å². The molecule has 1 atom stereocenters. The Morgan fingerprint density at radius 1 is 1.22 bits per heavy atom. The molecule has 1 fully saturated rings. The molecule has 7 heteroatoms. The van der Waals surface area contributed by atoms with E-state index in [1.54, 1.807) is 19.3 Å². The van der Waals surface area contributed by atoms with Crippen LogP contribution in [0, 0.1) is 0 Å². The lowest BCUT2D eigenvalue weighted by atomic mass is 10.0. The van der Waals surface area contributed by atoms with E-state index in [1.807, 2.05) is 52.8 Å². The van der Waals surface area contributed by atoms with Gasteiger partial charge in [0.1, 0.15) is 17.6 Å². The van der Waals surface area contributed by atoms with Crippen LogP contribution in [0.4, 0.5) is 0 Å². The highest BCUT2D eigenvalue weighted by atomic mass is 16.5. The second-order valence-electron chi connectivity index (χ2n) is 8.54. The predicted octanol–water partition coefficient (Wildman–Crippen LogP) is 3.54. The highest BCUT2D eigenvalue weighted by Crippen LogP contribution is 2.35. The number of nitrogens with one attached hydrogen (secondary N) is 1. The highest BCUT2D eigenvalue weighted by Gasteiger charge is 2.25. The number of benzene rings is 2. The molecule has 166 valence electrons. The first-order valence-corrected chi connectivity index (χ1v) is 11.1. The number of carbonyl (C=O) groups excluding carboxylic acids is 1. The first kappa shape index (κ1) is 20.4. The van der Waals surface area contributed by atoms with Crippen LogP contribution in [0.15, 0.2) is 47.3 Å². The van der Waals surface area contributed by atoms with Gasteiger partial charge in [-0.15, -0.1) is 0 Å². The predicted molar refractivity (Wildman–Crippen MR) is 123 cm³/mol. The summed E-state index contributed by atoms with van der Waals surface area (Å²) < 4.78 is 13.2. The first-order chi connectivity index (χ1) is 15.5. The van der Waals surface area contributed by atoms with Gasteiger partial charge in [0.25, 0.3) is 0 Å². The summed E-state index contributed by atoms with van der Waals surface area (Å²) in [5, 5.41) is 0. The topological polar surface area (TPSA) is 76.6 Å². The number of hydrogen-bond acceptors (Lipinski definition) is 4. The maximum Gasteiger partial charge on any atom is 0.326 e. The van der Waals surface area contributed by atoms with Crippen LogP contribution in [0.2, 0.25) is 0 Å². The Labute approximate surface area is 186 Å². The van der Waals surface area contributed by atoms with E-state index in [9.17, 15) is 9.59 Å². The van der Waals surface area contributed by atoms with Crippen LogP contribution in [0.3, 0.4) is 0 Å². The average molecular weight is 434 g/mol. The molecule has 0 saturated carbocycles. The standard InChI is InChI=1S/C25H27N3O4/c1-16-13-18-15-22(31-2)17(14-23(18)32-16)7-8-24(29)27-11-9-19(10-12-27)28-21-6-4-3-5-20(21)26-25(28)30/h3-8,14-16,19H,9-13H2,1-2H3,(H,26,30). The molecule has 0 bridgehead atoms. The minimum Gasteiger partial charge on any atom is -0.496 e. The van der Waals surface area contributed by atoms with Crippen LogP contribution in [0.5, 0.6) is 11.5 Å². The Kier molecular flexibility index (Phi) is 5.25. The minimum absolute atomic E-state index is 0.0356. The molecule has 1 saturated heterocycles. The Hall–Kier alpha value is -3.48. The van der Waals surface area contributed by atoms with E-state index in [-0.39, 0.29) is 23.7 Å². The third kappa shape index (κ3) is 3.68. The van der Waals surface area contributed by atoms with Crippen molar-refractivity contribution < 1.29 is 14.3 Å². The number of ether oxygens (including phenoxy) is 2. The van der Waals surface area contributed by atoms with Crippen LogP contribution in [0.25, 0.3) is 17.1 Å². The third-order valence-electron chi connectivity index (χ3n) is 6.42. The number of carbonyl (C=O) groups is 1. The number of H-pyrrole nitrogens is 1. The second kappa shape index (κ2) is 8.22. The van der Waals surface area contributed by atoms with Gasteiger partial charge in [-0.3, -0.25) is 9.36 Å².